The van der Waals surface area contributed by atoms with Crippen molar-refractivity contribution in [2.75, 3.05) is 39.6 Å². The highest BCUT2D eigenvalue weighted by atomic mass is 32.1. The van der Waals surface area contributed by atoms with Crippen molar-refractivity contribution >= 4 is 52.7 Å². The van der Waals surface area contributed by atoms with Crippen LogP contribution in [0.5, 0.6) is 0 Å². The van der Waals surface area contributed by atoms with Crippen molar-refractivity contribution in [2.24, 2.45) is 0 Å². The molecule has 0 saturated carbocycles. The van der Waals surface area contributed by atoms with Crippen LogP contribution >= 0.6 is 12.2 Å². The summed E-state index contributed by atoms with van der Waals surface area (Å²) in [5.74, 6) is -3.01. The lowest BCUT2D eigenvalue weighted by molar-refractivity contribution is -0.392. The quantitative estimate of drug-likeness (QED) is 0.0980. The Kier molecular flexibility index (Phi) is 13.0. The topological polar surface area (TPSA) is 251 Å². The molecule has 0 radical (unpaired) electrons. The normalized spacial score (nSPS) is 10.5. The van der Waals surface area contributed by atoms with Crippen LogP contribution in [0.1, 0.15) is 11.6 Å². The number of ether oxygens (including phenoxy) is 4. The fraction of sp³-hybridized carbons (Fsp3) is 0.476. The van der Waals surface area contributed by atoms with Gasteiger partial charge in [-0.05, 0) is 22.1 Å². The third kappa shape index (κ3) is 10.9. The Hall–Kier alpha value is -4.89. The van der Waals surface area contributed by atoms with E-state index in [0.717, 1.165) is 12.4 Å². The number of amides is 2. The molecule has 0 unspecified atom stereocenters. The van der Waals surface area contributed by atoms with Crippen LogP contribution in [-0.2, 0) is 51.2 Å². The molecule has 0 aliphatic heterocycles. The fourth-order valence-electron chi connectivity index (χ4n) is 3.15. The van der Waals surface area contributed by atoms with Crippen molar-refractivity contribution in [3.63, 3.8) is 0 Å². The van der Waals surface area contributed by atoms with Gasteiger partial charge in [-0.3, -0.25) is 9.59 Å². The molecule has 228 valence electrons. The Balaban J connectivity index is 1.55. The van der Waals surface area contributed by atoms with Crippen LogP contribution in [0.4, 0.5) is 11.6 Å². The minimum absolute atomic E-state index is 0.00793. The summed E-state index contributed by atoms with van der Waals surface area (Å²) in [6.45, 7) is 0.289. The number of hydrogen-bond donors (Lipinski definition) is 2. The second-order valence-corrected chi connectivity index (χ2v) is 8.40. The lowest BCUT2D eigenvalue weighted by Crippen LogP contribution is -2.45. The first kappa shape index (κ1) is 33.3. The number of imidazole rings is 2. The molecule has 2 heterocycles. The van der Waals surface area contributed by atoms with Gasteiger partial charge in [-0.15, -0.1) is 0 Å². The largest absolute Gasteiger partial charge is 0.460 e. The van der Waals surface area contributed by atoms with Gasteiger partial charge in [-0.1, -0.05) is 0 Å². The van der Waals surface area contributed by atoms with E-state index in [1.807, 2.05) is 0 Å². The molecule has 2 aromatic rings. The van der Waals surface area contributed by atoms with Crippen LogP contribution in [0.3, 0.4) is 0 Å². The molecule has 42 heavy (non-hydrogen) atoms. The summed E-state index contributed by atoms with van der Waals surface area (Å²) in [5, 5.41) is 25.8. The first-order valence-corrected chi connectivity index (χ1v) is 12.2. The molecule has 2 aromatic heterocycles. The van der Waals surface area contributed by atoms with E-state index < -0.39 is 65.1 Å². The van der Waals surface area contributed by atoms with Gasteiger partial charge in [0.25, 0.3) is 11.8 Å². The molecular weight excluding hydrogens is 588 g/mol. The summed E-state index contributed by atoms with van der Waals surface area (Å²) >= 11 is 4.81. The van der Waals surface area contributed by atoms with E-state index in [1.54, 1.807) is 13.8 Å². The maximum absolute atomic E-state index is 11.9. The number of carbonyl (C=O) groups is 4. The molecule has 0 bridgehead atoms. The Bertz CT molecular complexity index is 1240. The maximum atomic E-state index is 11.9. The third-order valence-corrected chi connectivity index (χ3v) is 5.21. The van der Waals surface area contributed by atoms with Gasteiger partial charge in [0.1, 0.15) is 65.1 Å². The van der Waals surface area contributed by atoms with E-state index in [-0.39, 0.29) is 37.9 Å². The molecule has 2 amide bonds. The second kappa shape index (κ2) is 16.4. The summed E-state index contributed by atoms with van der Waals surface area (Å²) in [7, 11) is 0. The van der Waals surface area contributed by atoms with Crippen LogP contribution in [0.15, 0.2) is 12.4 Å². The summed E-state index contributed by atoms with van der Waals surface area (Å²) in [6.07, 6.45) is 2.17. The van der Waals surface area contributed by atoms with E-state index in [1.165, 1.54) is 9.13 Å². The highest BCUT2D eigenvalue weighted by molar-refractivity contribution is 7.80. The van der Waals surface area contributed by atoms with Gasteiger partial charge < -0.3 is 49.8 Å². The summed E-state index contributed by atoms with van der Waals surface area (Å²) < 4.78 is 22.1. The van der Waals surface area contributed by atoms with Crippen molar-refractivity contribution in [1.82, 2.24) is 29.7 Å². The molecule has 0 fully saturated rings. The first-order chi connectivity index (χ1) is 19.9. The third-order valence-electron chi connectivity index (χ3n) is 5.01. The van der Waals surface area contributed by atoms with Crippen LogP contribution in [0, 0.1) is 34.1 Å². The molecule has 20 nitrogen and oxygen atoms in total. The molecule has 0 spiro atoms. The van der Waals surface area contributed by atoms with Crippen LogP contribution in [0.2, 0.25) is 0 Å². The zero-order chi connectivity index (χ0) is 31.2. The molecule has 0 aliphatic rings. The Morgan fingerprint density at radius 3 is 1.52 bits per heavy atom. The predicted molar refractivity (Wildman–Crippen MR) is 140 cm³/mol. The highest BCUT2D eigenvalue weighted by Crippen LogP contribution is 2.14. The molecule has 0 saturated heterocycles. The monoisotopic (exact) mass is 614 g/mol. The van der Waals surface area contributed by atoms with Gasteiger partial charge in [0.15, 0.2) is 16.8 Å². The zero-order valence-corrected chi connectivity index (χ0v) is 23.1. The van der Waals surface area contributed by atoms with Crippen LogP contribution in [0.25, 0.3) is 0 Å². The number of nitro groups is 2. The van der Waals surface area contributed by atoms with Gasteiger partial charge in [-0.25, -0.2) is 28.7 Å². The number of hydrogen-bond acceptors (Lipinski definition) is 15. The molecular formula is C21H26N8O12S. The van der Waals surface area contributed by atoms with Gasteiger partial charge in [0, 0.05) is 13.8 Å². The van der Waals surface area contributed by atoms with Gasteiger partial charge >= 0.3 is 23.6 Å². The summed E-state index contributed by atoms with van der Waals surface area (Å²) in [6, 6.07) is 0. The number of esters is 2. The summed E-state index contributed by atoms with van der Waals surface area (Å²) in [5.41, 5.74) is 0. The van der Waals surface area contributed by atoms with E-state index in [4.69, 9.17) is 31.2 Å². The van der Waals surface area contributed by atoms with Crippen LogP contribution in [-0.4, -0.2) is 97.5 Å². The van der Waals surface area contributed by atoms with Crippen molar-refractivity contribution < 1.29 is 48.0 Å². The second-order valence-electron chi connectivity index (χ2n) is 8.00. The fourth-order valence-corrected chi connectivity index (χ4v) is 3.38. The maximum Gasteiger partial charge on any atom is 0.342 e. The van der Waals surface area contributed by atoms with Gasteiger partial charge in [0.2, 0.25) is 0 Å². The average Bonchev–Trinajstić information content (AvgIpc) is 3.46. The van der Waals surface area contributed by atoms with Crippen molar-refractivity contribution in [3.8, 4) is 0 Å². The number of nitrogens with one attached hydrogen (secondary N) is 2. The van der Waals surface area contributed by atoms with E-state index in [9.17, 15) is 39.4 Å². The predicted octanol–water partition coefficient (Wildman–Crippen LogP) is -1.15. The lowest BCUT2D eigenvalue weighted by Gasteiger charge is -2.09. The smallest absolute Gasteiger partial charge is 0.342 e. The highest BCUT2D eigenvalue weighted by Gasteiger charge is 2.19. The minimum atomic E-state index is -0.826. The zero-order valence-electron chi connectivity index (χ0n) is 22.3. The molecule has 21 heteroatoms. The van der Waals surface area contributed by atoms with E-state index in [2.05, 4.69) is 20.6 Å². The molecule has 2 N–H and O–H groups in total. The van der Waals surface area contributed by atoms with Gasteiger partial charge in [-0.2, -0.15) is 0 Å². The van der Waals surface area contributed by atoms with Crippen molar-refractivity contribution in [1.29, 1.82) is 0 Å². The standard InChI is InChI=1S/C21H26N8O12S/c1-13-22-7-17(28(34)35)26(13)3-5-40-19(32)11-38-9-15(30)24-21(42)25-16(31)10-39-12-20(33)41-6-4-27-14(2)23-8-18(27)29(36)37/h7-8H,3-6,9-12H2,1-2H3,(H2,24,25,30,31,42). The minimum Gasteiger partial charge on any atom is -0.460 e. The average molecular weight is 615 g/mol. The number of rotatable bonds is 16. The molecule has 2 rings (SSSR count). The summed E-state index contributed by atoms with van der Waals surface area (Å²) in [4.78, 5) is 75.5. The molecule has 0 atom stereocenters. The van der Waals surface area contributed by atoms with Crippen molar-refractivity contribution in [2.45, 2.75) is 26.9 Å². The number of thiocarbonyl (C=S) groups is 1. The number of carbonyl (C=O) groups excluding carboxylic acids is 4. The molecule has 0 aliphatic carbocycles. The number of aryl methyl sites for hydroxylation is 2. The van der Waals surface area contributed by atoms with E-state index in [0.29, 0.717) is 11.6 Å². The molecule has 0 aromatic carbocycles. The lowest BCUT2D eigenvalue weighted by atomic mass is 10.5. The number of nitrogens with zero attached hydrogens (tertiary/aromatic N) is 6. The first-order valence-electron chi connectivity index (χ1n) is 11.8. The van der Waals surface area contributed by atoms with Crippen LogP contribution < -0.4 is 10.6 Å². The number of aromatic nitrogens is 4. The van der Waals surface area contributed by atoms with Gasteiger partial charge in [0.05, 0.1) is 0 Å². The van der Waals surface area contributed by atoms with Crippen molar-refractivity contribution in [3.05, 3.63) is 44.3 Å². The van der Waals surface area contributed by atoms with E-state index >= 15 is 0 Å². The Morgan fingerprint density at radius 2 is 1.17 bits per heavy atom. The Morgan fingerprint density at radius 1 is 0.786 bits per heavy atom. The Labute approximate surface area is 241 Å². The SMILES string of the molecule is Cc1ncc([N+](=O)[O-])n1CCOC(=O)COCC(=O)NC(=S)NC(=O)COCC(=O)OCCn1c([N+](=O)[O-])cnc1C.